The molecule has 11 heteroatoms. The van der Waals surface area contributed by atoms with Gasteiger partial charge in [-0.3, -0.25) is 9.71 Å². The molecule has 5 rings (SSSR count). The number of benzene rings is 3. The third-order valence-corrected chi connectivity index (χ3v) is 7.47. The molecule has 0 saturated carbocycles. The molecule has 204 valence electrons. The number of sulfonamides is 1. The van der Waals surface area contributed by atoms with Gasteiger partial charge in [0.15, 0.2) is 0 Å². The van der Waals surface area contributed by atoms with Crippen molar-refractivity contribution in [2.45, 2.75) is 17.4 Å². The Kier molecular flexibility index (Phi) is 8.45. The van der Waals surface area contributed by atoms with E-state index in [0.29, 0.717) is 30.2 Å². The maximum atomic E-state index is 12.9. The Balaban J connectivity index is 1.12. The number of nitrogens with zero attached hydrogens (tertiary/aromatic N) is 3. The van der Waals surface area contributed by atoms with Gasteiger partial charge in [0.1, 0.15) is 0 Å². The molecule has 0 aliphatic rings. The van der Waals surface area contributed by atoms with Crippen LogP contribution < -0.4 is 15.4 Å². The van der Waals surface area contributed by atoms with E-state index >= 15 is 0 Å². The van der Waals surface area contributed by atoms with Gasteiger partial charge < -0.3 is 20.3 Å². The number of aliphatic hydroxyl groups is 1. The van der Waals surface area contributed by atoms with Crippen LogP contribution in [0.5, 0.6) is 0 Å². The summed E-state index contributed by atoms with van der Waals surface area (Å²) in [5, 5.41) is 20.4. The second-order valence-electron chi connectivity index (χ2n) is 9.00. The van der Waals surface area contributed by atoms with Crippen LogP contribution >= 0.6 is 0 Å². The minimum absolute atomic E-state index is 0.114. The van der Waals surface area contributed by atoms with Gasteiger partial charge in [0.05, 0.1) is 11.0 Å². The summed E-state index contributed by atoms with van der Waals surface area (Å²) in [6.45, 7) is 1.08. The fourth-order valence-corrected chi connectivity index (χ4v) is 4.99. The number of rotatable bonds is 12. The average molecular weight is 557 g/mol. The molecule has 3 aromatic carbocycles. The second-order valence-corrected chi connectivity index (χ2v) is 10.7. The highest BCUT2D eigenvalue weighted by atomic mass is 32.2. The second kappa shape index (κ2) is 12.5. The molecule has 0 saturated heterocycles. The van der Waals surface area contributed by atoms with E-state index in [1.54, 1.807) is 42.7 Å². The normalized spacial score (nSPS) is 12.1. The Labute approximate surface area is 232 Å². The highest BCUT2D eigenvalue weighted by Gasteiger charge is 2.16. The van der Waals surface area contributed by atoms with Crippen molar-refractivity contribution in [3.63, 3.8) is 0 Å². The highest BCUT2D eigenvalue weighted by Crippen LogP contribution is 2.23. The predicted molar refractivity (Wildman–Crippen MR) is 152 cm³/mol. The predicted octanol–water partition coefficient (Wildman–Crippen LogP) is 4.54. The first kappa shape index (κ1) is 27.0. The minimum Gasteiger partial charge on any atom is -0.387 e. The number of aromatic nitrogens is 3. The third kappa shape index (κ3) is 7.08. The van der Waals surface area contributed by atoms with Gasteiger partial charge in [0.25, 0.3) is 10.0 Å². The lowest BCUT2D eigenvalue weighted by atomic mass is 10.1. The van der Waals surface area contributed by atoms with Gasteiger partial charge in [-0.25, -0.2) is 8.42 Å². The zero-order valence-electron chi connectivity index (χ0n) is 21.4. The van der Waals surface area contributed by atoms with E-state index < -0.39 is 16.1 Å². The average Bonchev–Trinajstić information content (AvgIpc) is 3.45. The van der Waals surface area contributed by atoms with Crippen LogP contribution in [-0.2, 0) is 16.4 Å². The molecular weight excluding hydrogens is 528 g/mol. The van der Waals surface area contributed by atoms with E-state index in [4.69, 9.17) is 4.52 Å². The van der Waals surface area contributed by atoms with Crippen molar-refractivity contribution in [2.75, 3.05) is 23.1 Å². The van der Waals surface area contributed by atoms with Crippen LogP contribution in [0.3, 0.4) is 0 Å². The third-order valence-electron chi connectivity index (χ3n) is 6.08. The first-order valence-corrected chi connectivity index (χ1v) is 14.1. The fourth-order valence-electron chi connectivity index (χ4n) is 3.94. The summed E-state index contributed by atoms with van der Waals surface area (Å²) in [6.07, 6.45) is 3.42. The molecule has 2 aromatic heterocycles. The van der Waals surface area contributed by atoms with Crippen molar-refractivity contribution in [3.05, 3.63) is 115 Å². The number of para-hydroxylation sites is 1. The first-order valence-electron chi connectivity index (χ1n) is 12.6. The molecule has 1 atom stereocenters. The lowest BCUT2D eigenvalue weighted by Gasteiger charge is -2.12. The molecule has 0 fully saturated rings. The van der Waals surface area contributed by atoms with Crippen LogP contribution in [0, 0.1) is 0 Å². The van der Waals surface area contributed by atoms with Crippen molar-refractivity contribution >= 4 is 27.4 Å². The van der Waals surface area contributed by atoms with Gasteiger partial charge >= 0.3 is 6.01 Å². The van der Waals surface area contributed by atoms with Crippen LogP contribution in [0.1, 0.15) is 17.2 Å². The summed E-state index contributed by atoms with van der Waals surface area (Å²) < 4.78 is 33.7. The van der Waals surface area contributed by atoms with Gasteiger partial charge in [-0.15, -0.1) is 0 Å². The number of nitrogens with one attached hydrogen (secondary N) is 3. The molecule has 2 heterocycles. The molecule has 0 spiro atoms. The molecule has 40 heavy (non-hydrogen) atoms. The lowest BCUT2D eigenvalue weighted by Crippen LogP contribution is -2.23. The van der Waals surface area contributed by atoms with Crippen LogP contribution in [0.2, 0.25) is 0 Å². The van der Waals surface area contributed by atoms with Crippen molar-refractivity contribution in [1.29, 1.82) is 0 Å². The van der Waals surface area contributed by atoms with Crippen molar-refractivity contribution in [2.24, 2.45) is 0 Å². The van der Waals surface area contributed by atoms with Gasteiger partial charge in [0.2, 0.25) is 5.82 Å². The van der Waals surface area contributed by atoms with E-state index in [0.717, 1.165) is 23.2 Å². The largest absolute Gasteiger partial charge is 0.387 e. The van der Waals surface area contributed by atoms with E-state index in [-0.39, 0.29) is 10.9 Å². The van der Waals surface area contributed by atoms with Gasteiger partial charge in [-0.2, -0.15) is 4.98 Å². The Bertz CT molecular complexity index is 1610. The van der Waals surface area contributed by atoms with E-state index in [2.05, 4.69) is 30.5 Å². The van der Waals surface area contributed by atoms with E-state index in [1.165, 1.54) is 12.1 Å². The molecule has 0 amide bonds. The molecule has 0 unspecified atom stereocenters. The van der Waals surface area contributed by atoms with Crippen LogP contribution in [0.4, 0.5) is 17.4 Å². The van der Waals surface area contributed by atoms with Crippen molar-refractivity contribution in [1.82, 2.24) is 20.4 Å². The van der Waals surface area contributed by atoms with Gasteiger partial charge in [0, 0.05) is 41.4 Å². The SMILES string of the molecule is O=S(=O)(Nc1ccc(CCNC[C@H](O)c2cccnc2)cc1)c1ccc(-c2noc(Nc3ccccc3)n2)cc1. The molecule has 0 aliphatic carbocycles. The van der Waals surface area contributed by atoms with E-state index in [1.807, 2.05) is 48.5 Å². The first-order chi connectivity index (χ1) is 19.5. The molecule has 5 aromatic rings. The molecule has 0 bridgehead atoms. The Morgan fingerprint density at radius 3 is 2.38 bits per heavy atom. The number of pyridine rings is 1. The summed E-state index contributed by atoms with van der Waals surface area (Å²) in [7, 11) is -3.79. The lowest BCUT2D eigenvalue weighted by molar-refractivity contribution is 0.174. The van der Waals surface area contributed by atoms with Gasteiger partial charge in [-0.1, -0.05) is 41.6 Å². The molecule has 0 radical (unpaired) electrons. The maximum Gasteiger partial charge on any atom is 0.326 e. The molecule has 4 N–H and O–H groups in total. The Morgan fingerprint density at radius 1 is 0.875 bits per heavy atom. The highest BCUT2D eigenvalue weighted by molar-refractivity contribution is 7.92. The topological polar surface area (TPSA) is 142 Å². The minimum atomic E-state index is -3.79. The number of hydrogen-bond acceptors (Lipinski definition) is 9. The summed E-state index contributed by atoms with van der Waals surface area (Å²) in [5.41, 5.74) is 3.70. The van der Waals surface area contributed by atoms with Crippen LogP contribution in [0.15, 0.2) is 113 Å². The summed E-state index contributed by atoms with van der Waals surface area (Å²) in [5.74, 6) is 0.340. The molecular formula is C29H28N6O4S. The smallest absolute Gasteiger partial charge is 0.326 e. The molecule has 10 nitrogen and oxygen atoms in total. The fraction of sp³-hybridized carbons (Fsp3) is 0.138. The van der Waals surface area contributed by atoms with Gasteiger partial charge in [-0.05, 0) is 73.1 Å². The summed E-state index contributed by atoms with van der Waals surface area (Å²) in [6, 6.07) is 26.8. The summed E-state index contributed by atoms with van der Waals surface area (Å²) >= 11 is 0. The molecule has 0 aliphatic heterocycles. The van der Waals surface area contributed by atoms with Crippen molar-refractivity contribution < 1.29 is 18.0 Å². The monoisotopic (exact) mass is 556 g/mol. The zero-order chi connectivity index (χ0) is 27.8. The zero-order valence-corrected chi connectivity index (χ0v) is 22.3. The van der Waals surface area contributed by atoms with Crippen LogP contribution in [-0.4, -0.2) is 41.7 Å². The Hall–Kier alpha value is -4.58. The number of anilines is 3. The van der Waals surface area contributed by atoms with Crippen LogP contribution in [0.25, 0.3) is 11.4 Å². The maximum absolute atomic E-state index is 12.9. The summed E-state index contributed by atoms with van der Waals surface area (Å²) in [4.78, 5) is 8.45. The standard InChI is InChI=1S/C29H28N6O4S/c36-27(23-5-4-17-30-19-23)20-31-18-16-21-8-12-25(13-9-21)35-40(37,38)26-14-10-22(11-15-26)28-33-29(39-34-28)32-24-6-2-1-3-7-24/h1-15,17,19,27,31,35-36H,16,18,20H2,(H,32,33,34)/t27-/m0/s1. The number of hydrogen-bond donors (Lipinski definition) is 4. The van der Waals surface area contributed by atoms with E-state index in [9.17, 15) is 13.5 Å². The van der Waals surface area contributed by atoms with Crippen molar-refractivity contribution in [3.8, 4) is 11.4 Å². The quantitative estimate of drug-likeness (QED) is 0.163. The number of aliphatic hydroxyl groups excluding tert-OH is 1. The Morgan fingerprint density at radius 2 is 1.65 bits per heavy atom.